The van der Waals surface area contributed by atoms with Crippen LogP contribution in [0.15, 0.2) is 75.9 Å². The Morgan fingerprint density at radius 2 is 1.76 bits per heavy atom. The number of nitrogens with two attached hydrogens (primary N) is 1. The van der Waals surface area contributed by atoms with Gasteiger partial charge in [-0.05, 0) is 29.8 Å². The summed E-state index contributed by atoms with van der Waals surface area (Å²) in [7, 11) is -3.83. The van der Waals surface area contributed by atoms with E-state index in [0.717, 1.165) is 5.56 Å². The first kappa shape index (κ1) is 19.0. The minimum Gasteiger partial charge on any atom is -0.322 e. The van der Waals surface area contributed by atoms with E-state index in [-0.39, 0.29) is 10.5 Å². The van der Waals surface area contributed by atoms with Crippen LogP contribution in [0.3, 0.4) is 0 Å². The molecule has 0 atom stereocenters. The molecule has 2 aromatic carbocycles. The Kier molecular flexibility index (Phi) is 4.74. The number of hydrogen-bond acceptors (Lipinski definition) is 6. The molecule has 0 aliphatic rings. The summed E-state index contributed by atoms with van der Waals surface area (Å²) in [5.41, 5.74) is 1.18. The monoisotopic (exact) mass is 426 g/mol. The van der Waals surface area contributed by atoms with E-state index in [1.807, 2.05) is 35.7 Å². The largest absolute Gasteiger partial charge is 0.322 e. The first-order valence-corrected chi connectivity index (χ1v) is 10.8. The van der Waals surface area contributed by atoms with Gasteiger partial charge in [-0.25, -0.2) is 18.5 Å². The van der Waals surface area contributed by atoms with Gasteiger partial charge in [-0.1, -0.05) is 30.3 Å². The van der Waals surface area contributed by atoms with Crippen molar-refractivity contribution in [3.05, 3.63) is 82.1 Å². The molecule has 4 aromatic rings. The molecule has 1 amide bonds. The normalized spacial score (nSPS) is 11.5. The summed E-state index contributed by atoms with van der Waals surface area (Å²) >= 11 is 1.30. The molecule has 0 unspecified atom stereocenters. The number of benzene rings is 2. The maximum atomic E-state index is 13.0. The fourth-order valence-corrected chi connectivity index (χ4v) is 4.16. The van der Waals surface area contributed by atoms with Crippen molar-refractivity contribution in [3.63, 3.8) is 0 Å². The zero-order valence-electron chi connectivity index (χ0n) is 14.8. The molecule has 2 aromatic heterocycles. The van der Waals surface area contributed by atoms with Crippen LogP contribution in [-0.2, 0) is 10.0 Å². The SMILES string of the molecule is NS(=O)(=O)c1ccc(NC(=O)c2cnc3scc(-c4ccccc4)n3c2=O)cc1. The molecule has 0 aliphatic heterocycles. The number of nitrogens with one attached hydrogen (secondary N) is 1. The predicted octanol–water partition coefficient (Wildman–Crippen LogP) is 2.32. The lowest BCUT2D eigenvalue weighted by Gasteiger charge is -2.07. The third-order valence-electron chi connectivity index (χ3n) is 4.20. The van der Waals surface area contributed by atoms with Crippen LogP contribution in [0.5, 0.6) is 0 Å². The van der Waals surface area contributed by atoms with Crippen molar-refractivity contribution in [3.8, 4) is 11.3 Å². The first-order valence-electron chi connectivity index (χ1n) is 8.33. The maximum absolute atomic E-state index is 13.0. The molecule has 0 radical (unpaired) electrons. The highest BCUT2D eigenvalue weighted by molar-refractivity contribution is 7.89. The number of anilines is 1. The molecule has 0 spiro atoms. The lowest BCUT2D eigenvalue weighted by Crippen LogP contribution is -2.26. The predicted molar refractivity (Wildman–Crippen MR) is 111 cm³/mol. The Morgan fingerprint density at radius 1 is 1.07 bits per heavy atom. The van der Waals surface area contributed by atoms with Gasteiger partial charge in [-0.2, -0.15) is 0 Å². The Hall–Kier alpha value is -3.34. The van der Waals surface area contributed by atoms with Gasteiger partial charge in [0.25, 0.3) is 11.5 Å². The molecule has 0 saturated heterocycles. The fraction of sp³-hybridized carbons (Fsp3) is 0. The van der Waals surface area contributed by atoms with Gasteiger partial charge in [0, 0.05) is 17.3 Å². The number of carbonyl (C=O) groups excluding carboxylic acids is 1. The van der Waals surface area contributed by atoms with Crippen molar-refractivity contribution in [2.75, 3.05) is 5.32 Å². The number of rotatable bonds is 4. The van der Waals surface area contributed by atoms with E-state index in [0.29, 0.717) is 16.3 Å². The summed E-state index contributed by atoms with van der Waals surface area (Å²) in [6.07, 6.45) is 1.23. The van der Waals surface area contributed by atoms with Gasteiger partial charge in [-0.3, -0.25) is 14.0 Å². The zero-order chi connectivity index (χ0) is 20.6. The molecular formula is C19H14N4O4S2. The molecule has 8 nitrogen and oxygen atoms in total. The molecule has 2 heterocycles. The summed E-state index contributed by atoms with van der Waals surface area (Å²) in [6, 6.07) is 14.7. The van der Waals surface area contributed by atoms with Crippen molar-refractivity contribution in [2.45, 2.75) is 4.90 Å². The Morgan fingerprint density at radius 3 is 2.41 bits per heavy atom. The second-order valence-corrected chi connectivity index (χ2v) is 8.50. The van der Waals surface area contributed by atoms with Crippen LogP contribution in [-0.4, -0.2) is 23.7 Å². The lowest BCUT2D eigenvalue weighted by molar-refractivity contribution is 0.102. The zero-order valence-corrected chi connectivity index (χ0v) is 16.4. The molecule has 3 N–H and O–H groups in total. The summed E-state index contributed by atoms with van der Waals surface area (Å²) in [5, 5.41) is 9.44. The topological polar surface area (TPSA) is 124 Å². The third kappa shape index (κ3) is 3.68. The molecule has 0 bridgehead atoms. The van der Waals surface area contributed by atoms with Crippen molar-refractivity contribution >= 4 is 37.9 Å². The van der Waals surface area contributed by atoms with Crippen LogP contribution < -0.4 is 16.0 Å². The minimum absolute atomic E-state index is 0.0792. The molecule has 4 rings (SSSR count). The van der Waals surface area contributed by atoms with Gasteiger partial charge >= 0.3 is 0 Å². The fourth-order valence-electron chi connectivity index (χ4n) is 2.79. The number of amides is 1. The molecule has 29 heavy (non-hydrogen) atoms. The molecule has 0 aliphatic carbocycles. The van der Waals surface area contributed by atoms with Crippen LogP contribution in [0.2, 0.25) is 0 Å². The van der Waals surface area contributed by atoms with Gasteiger partial charge in [0.05, 0.1) is 10.6 Å². The number of nitrogens with zero attached hydrogens (tertiary/aromatic N) is 2. The average molecular weight is 426 g/mol. The molecule has 0 fully saturated rings. The number of thiazole rings is 1. The van der Waals surface area contributed by atoms with Crippen molar-refractivity contribution < 1.29 is 13.2 Å². The van der Waals surface area contributed by atoms with Crippen molar-refractivity contribution in [1.82, 2.24) is 9.38 Å². The number of sulfonamides is 1. The second-order valence-electron chi connectivity index (χ2n) is 6.11. The van der Waals surface area contributed by atoms with Crippen molar-refractivity contribution in [2.24, 2.45) is 5.14 Å². The number of hydrogen-bond donors (Lipinski definition) is 2. The van der Waals surface area contributed by atoms with Crippen LogP contribution in [0, 0.1) is 0 Å². The maximum Gasteiger partial charge on any atom is 0.271 e. The van der Waals surface area contributed by atoms with E-state index >= 15 is 0 Å². The van der Waals surface area contributed by atoms with E-state index in [1.165, 1.54) is 46.2 Å². The highest BCUT2D eigenvalue weighted by atomic mass is 32.2. The molecular weight excluding hydrogens is 412 g/mol. The number of fused-ring (bicyclic) bond motifs is 1. The van der Waals surface area contributed by atoms with Gasteiger partial charge in [-0.15, -0.1) is 11.3 Å². The van der Waals surface area contributed by atoms with Gasteiger partial charge in [0.15, 0.2) is 4.96 Å². The molecule has 146 valence electrons. The van der Waals surface area contributed by atoms with Gasteiger partial charge in [0.1, 0.15) is 5.56 Å². The quantitative estimate of drug-likeness (QED) is 0.518. The van der Waals surface area contributed by atoms with Crippen molar-refractivity contribution in [1.29, 1.82) is 0 Å². The first-order chi connectivity index (χ1) is 13.8. The standard InChI is InChI=1S/C19H14N4O4S2/c20-29(26,27)14-8-6-13(7-9-14)22-17(24)15-10-21-19-23(18(15)25)16(11-28-19)12-4-2-1-3-5-12/h1-11H,(H,22,24)(H2,20,26,27). The summed E-state index contributed by atoms with van der Waals surface area (Å²) in [6.45, 7) is 0. The van der Waals surface area contributed by atoms with E-state index < -0.39 is 21.5 Å². The Bertz CT molecular complexity index is 1380. The Balaban J connectivity index is 1.70. The summed E-state index contributed by atoms with van der Waals surface area (Å²) < 4.78 is 24.0. The average Bonchev–Trinajstić information content (AvgIpc) is 3.13. The number of carbonyl (C=O) groups is 1. The summed E-state index contributed by atoms with van der Waals surface area (Å²) in [5.74, 6) is -0.648. The van der Waals surface area contributed by atoms with E-state index in [9.17, 15) is 18.0 Å². The highest BCUT2D eigenvalue weighted by Crippen LogP contribution is 2.23. The second kappa shape index (κ2) is 7.24. The third-order valence-corrected chi connectivity index (χ3v) is 5.97. The minimum atomic E-state index is -3.83. The van der Waals surface area contributed by atoms with Gasteiger partial charge < -0.3 is 5.32 Å². The molecule has 10 heteroatoms. The van der Waals surface area contributed by atoms with E-state index in [1.54, 1.807) is 0 Å². The summed E-state index contributed by atoms with van der Waals surface area (Å²) in [4.78, 5) is 30.2. The van der Waals surface area contributed by atoms with Crippen LogP contribution in [0.4, 0.5) is 5.69 Å². The van der Waals surface area contributed by atoms with Crippen LogP contribution in [0.25, 0.3) is 16.2 Å². The molecule has 0 saturated carbocycles. The van der Waals surface area contributed by atoms with Gasteiger partial charge in [0.2, 0.25) is 10.0 Å². The smallest absolute Gasteiger partial charge is 0.271 e. The highest BCUT2D eigenvalue weighted by Gasteiger charge is 2.17. The van der Waals surface area contributed by atoms with E-state index in [4.69, 9.17) is 5.14 Å². The van der Waals surface area contributed by atoms with Crippen LogP contribution >= 0.6 is 11.3 Å². The van der Waals surface area contributed by atoms with Crippen LogP contribution in [0.1, 0.15) is 10.4 Å². The number of aromatic nitrogens is 2. The lowest BCUT2D eigenvalue weighted by atomic mass is 10.2. The van der Waals surface area contributed by atoms with E-state index in [2.05, 4.69) is 10.3 Å². The number of primary sulfonamides is 1. The Labute approximate surface area is 169 Å².